The first-order chi connectivity index (χ1) is 9.66. The second-order valence-corrected chi connectivity index (χ2v) is 6.33. The number of fused-ring (bicyclic) bond motifs is 1. The Hall–Kier alpha value is -1.35. The number of hydrogen-bond donors (Lipinski definition) is 0. The van der Waals surface area contributed by atoms with E-state index in [-0.39, 0.29) is 0 Å². The van der Waals surface area contributed by atoms with Crippen LogP contribution in [0.4, 0.5) is 5.82 Å². The Kier molecular flexibility index (Phi) is 3.79. The summed E-state index contributed by atoms with van der Waals surface area (Å²) in [4.78, 5) is 2.42. The van der Waals surface area contributed by atoms with Crippen LogP contribution in [0.15, 0.2) is 24.3 Å². The number of halogens is 1. The molecule has 1 fully saturated rings. The summed E-state index contributed by atoms with van der Waals surface area (Å²) < 4.78 is 0. The van der Waals surface area contributed by atoms with Gasteiger partial charge in [0.05, 0.1) is 0 Å². The number of hydrogen-bond acceptors (Lipinski definition) is 3. The minimum atomic E-state index is 0.490. The monoisotopic (exact) mass is 289 g/mol. The molecule has 1 saturated carbocycles. The fraction of sp³-hybridized carbons (Fsp3) is 0.500. The van der Waals surface area contributed by atoms with Gasteiger partial charge in [0.2, 0.25) is 0 Å². The SMILES string of the molecule is CC(C)CCN(c1nnc(Cl)c2ccccc12)C1CC1. The molecule has 0 bridgehead atoms. The van der Waals surface area contributed by atoms with E-state index in [1.165, 1.54) is 19.3 Å². The molecule has 1 aliphatic rings. The normalized spacial score (nSPS) is 15.0. The van der Waals surface area contributed by atoms with Crippen molar-refractivity contribution in [3.63, 3.8) is 0 Å². The highest BCUT2D eigenvalue weighted by Crippen LogP contribution is 2.35. The lowest BCUT2D eigenvalue weighted by Gasteiger charge is -2.25. The van der Waals surface area contributed by atoms with E-state index in [4.69, 9.17) is 11.6 Å². The van der Waals surface area contributed by atoms with Gasteiger partial charge in [-0.15, -0.1) is 10.2 Å². The van der Waals surface area contributed by atoms with Crippen molar-refractivity contribution in [3.05, 3.63) is 29.4 Å². The van der Waals surface area contributed by atoms with Crippen LogP contribution < -0.4 is 4.90 Å². The third-order valence-electron chi connectivity index (χ3n) is 3.83. The minimum absolute atomic E-state index is 0.490. The summed E-state index contributed by atoms with van der Waals surface area (Å²) in [5.41, 5.74) is 0. The van der Waals surface area contributed by atoms with Crippen molar-refractivity contribution in [1.29, 1.82) is 0 Å². The molecule has 0 N–H and O–H groups in total. The molecule has 0 unspecified atom stereocenters. The molecule has 106 valence electrons. The molecule has 1 aromatic carbocycles. The molecule has 2 aromatic rings. The van der Waals surface area contributed by atoms with E-state index in [0.29, 0.717) is 17.1 Å². The van der Waals surface area contributed by atoms with Crippen molar-refractivity contribution in [2.75, 3.05) is 11.4 Å². The van der Waals surface area contributed by atoms with Gasteiger partial charge in [-0.3, -0.25) is 0 Å². The zero-order valence-electron chi connectivity index (χ0n) is 12.0. The van der Waals surface area contributed by atoms with E-state index >= 15 is 0 Å². The lowest BCUT2D eigenvalue weighted by molar-refractivity contribution is 0.568. The highest BCUT2D eigenvalue weighted by molar-refractivity contribution is 6.34. The summed E-state index contributed by atoms with van der Waals surface area (Å²) in [6, 6.07) is 8.78. The van der Waals surface area contributed by atoms with Gasteiger partial charge in [0, 0.05) is 23.4 Å². The van der Waals surface area contributed by atoms with Crippen LogP contribution in [0.25, 0.3) is 10.8 Å². The van der Waals surface area contributed by atoms with Gasteiger partial charge in [0.25, 0.3) is 0 Å². The average molecular weight is 290 g/mol. The molecule has 0 saturated heterocycles. The van der Waals surface area contributed by atoms with Crippen molar-refractivity contribution >= 4 is 28.2 Å². The topological polar surface area (TPSA) is 29.0 Å². The molecule has 1 aliphatic carbocycles. The first-order valence-electron chi connectivity index (χ1n) is 7.34. The predicted octanol–water partition coefficient (Wildman–Crippen LogP) is 4.30. The molecule has 1 heterocycles. The largest absolute Gasteiger partial charge is 0.352 e. The maximum atomic E-state index is 6.16. The molecule has 1 aromatic heterocycles. The fourth-order valence-electron chi connectivity index (χ4n) is 2.51. The number of aromatic nitrogens is 2. The molecule has 3 nitrogen and oxygen atoms in total. The van der Waals surface area contributed by atoms with Gasteiger partial charge in [-0.05, 0) is 25.2 Å². The van der Waals surface area contributed by atoms with Crippen molar-refractivity contribution in [3.8, 4) is 0 Å². The summed E-state index contributed by atoms with van der Waals surface area (Å²) in [7, 11) is 0. The van der Waals surface area contributed by atoms with Gasteiger partial charge >= 0.3 is 0 Å². The lowest BCUT2D eigenvalue weighted by Crippen LogP contribution is -2.29. The second kappa shape index (κ2) is 5.57. The van der Waals surface area contributed by atoms with E-state index in [2.05, 4.69) is 35.0 Å². The average Bonchev–Trinajstić information content (AvgIpc) is 3.26. The third kappa shape index (κ3) is 2.73. The molecule has 0 aliphatic heterocycles. The van der Waals surface area contributed by atoms with Crippen LogP contribution in [-0.4, -0.2) is 22.8 Å². The smallest absolute Gasteiger partial charge is 0.159 e. The number of benzene rings is 1. The highest BCUT2D eigenvalue weighted by Gasteiger charge is 2.31. The van der Waals surface area contributed by atoms with E-state index in [0.717, 1.165) is 23.1 Å². The van der Waals surface area contributed by atoms with Crippen molar-refractivity contribution < 1.29 is 0 Å². The van der Waals surface area contributed by atoms with Gasteiger partial charge in [0.15, 0.2) is 11.0 Å². The lowest BCUT2D eigenvalue weighted by atomic mass is 10.1. The van der Waals surface area contributed by atoms with E-state index < -0.39 is 0 Å². The van der Waals surface area contributed by atoms with E-state index in [1.807, 2.05) is 18.2 Å². The first kappa shape index (κ1) is 13.6. The van der Waals surface area contributed by atoms with Crippen LogP contribution >= 0.6 is 11.6 Å². The Labute approximate surface area is 124 Å². The summed E-state index contributed by atoms with van der Waals surface area (Å²) in [5, 5.41) is 11.1. The van der Waals surface area contributed by atoms with Crippen molar-refractivity contribution in [2.45, 2.75) is 39.2 Å². The standard InChI is InChI=1S/C16H20ClN3/c1-11(2)9-10-20(12-7-8-12)16-14-6-4-3-5-13(14)15(17)18-19-16/h3-6,11-12H,7-10H2,1-2H3. The van der Waals surface area contributed by atoms with Crippen LogP contribution in [0.2, 0.25) is 5.15 Å². The van der Waals surface area contributed by atoms with E-state index in [1.54, 1.807) is 0 Å². The van der Waals surface area contributed by atoms with Crippen LogP contribution in [0.5, 0.6) is 0 Å². The summed E-state index contributed by atoms with van der Waals surface area (Å²) in [6.07, 6.45) is 3.70. The molecular formula is C16H20ClN3. The van der Waals surface area contributed by atoms with Gasteiger partial charge in [-0.25, -0.2) is 0 Å². The minimum Gasteiger partial charge on any atom is -0.352 e. The molecular weight excluding hydrogens is 270 g/mol. The summed E-state index contributed by atoms with van der Waals surface area (Å²) >= 11 is 6.16. The molecule has 4 heteroatoms. The zero-order chi connectivity index (χ0) is 14.1. The highest BCUT2D eigenvalue weighted by atomic mass is 35.5. The van der Waals surface area contributed by atoms with Gasteiger partial charge in [-0.1, -0.05) is 49.7 Å². The Morgan fingerprint density at radius 1 is 1.20 bits per heavy atom. The van der Waals surface area contributed by atoms with Crippen molar-refractivity contribution in [1.82, 2.24) is 10.2 Å². The molecule has 0 amide bonds. The quantitative estimate of drug-likeness (QED) is 0.822. The third-order valence-corrected chi connectivity index (χ3v) is 4.11. The second-order valence-electron chi connectivity index (χ2n) is 5.97. The van der Waals surface area contributed by atoms with Crippen LogP contribution in [0, 0.1) is 5.92 Å². The number of nitrogens with zero attached hydrogens (tertiary/aromatic N) is 3. The predicted molar refractivity (Wildman–Crippen MR) is 84.4 cm³/mol. The van der Waals surface area contributed by atoms with Gasteiger partial charge in [-0.2, -0.15) is 0 Å². The Morgan fingerprint density at radius 2 is 1.90 bits per heavy atom. The maximum Gasteiger partial charge on any atom is 0.159 e. The molecule has 0 radical (unpaired) electrons. The summed E-state index contributed by atoms with van der Waals surface area (Å²) in [5.74, 6) is 1.69. The molecule has 20 heavy (non-hydrogen) atoms. The zero-order valence-corrected chi connectivity index (χ0v) is 12.8. The Balaban J connectivity index is 2.00. The summed E-state index contributed by atoms with van der Waals surface area (Å²) in [6.45, 7) is 5.57. The number of rotatable bonds is 5. The molecule has 0 atom stereocenters. The van der Waals surface area contributed by atoms with Gasteiger partial charge in [0.1, 0.15) is 0 Å². The van der Waals surface area contributed by atoms with Gasteiger partial charge < -0.3 is 4.90 Å². The maximum absolute atomic E-state index is 6.16. The fourth-order valence-corrected chi connectivity index (χ4v) is 2.72. The Bertz CT molecular complexity index is 608. The molecule has 3 rings (SSSR count). The van der Waals surface area contributed by atoms with Crippen molar-refractivity contribution in [2.24, 2.45) is 5.92 Å². The van der Waals surface area contributed by atoms with E-state index in [9.17, 15) is 0 Å². The van der Waals surface area contributed by atoms with Crippen LogP contribution in [0.1, 0.15) is 33.1 Å². The van der Waals surface area contributed by atoms with Crippen LogP contribution in [-0.2, 0) is 0 Å². The van der Waals surface area contributed by atoms with Crippen LogP contribution in [0.3, 0.4) is 0 Å². The Morgan fingerprint density at radius 3 is 2.55 bits per heavy atom. The molecule has 0 spiro atoms. The number of anilines is 1. The first-order valence-corrected chi connectivity index (χ1v) is 7.72.